The summed E-state index contributed by atoms with van der Waals surface area (Å²) in [6.07, 6.45) is 2.51. The van der Waals surface area contributed by atoms with Crippen LogP contribution in [-0.2, 0) is 5.41 Å². The molecule has 0 aromatic heterocycles. The second kappa shape index (κ2) is 5.50. The van der Waals surface area contributed by atoms with Crippen molar-refractivity contribution in [2.75, 3.05) is 19.7 Å². The molecule has 3 heteroatoms. The molecule has 100 valence electrons. The quantitative estimate of drug-likeness (QED) is 0.849. The molecule has 1 saturated carbocycles. The van der Waals surface area contributed by atoms with Gasteiger partial charge in [-0.25, -0.2) is 0 Å². The van der Waals surface area contributed by atoms with Crippen LogP contribution in [0.3, 0.4) is 0 Å². The lowest BCUT2D eigenvalue weighted by atomic mass is 9.91. The molecule has 0 unspecified atom stereocenters. The number of hydrogen-bond donors (Lipinski definition) is 1. The fourth-order valence-corrected chi connectivity index (χ4v) is 2.77. The van der Waals surface area contributed by atoms with Gasteiger partial charge in [0.05, 0.1) is 11.6 Å². The molecule has 1 aromatic carbocycles. The van der Waals surface area contributed by atoms with Gasteiger partial charge in [-0.1, -0.05) is 18.5 Å². The van der Waals surface area contributed by atoms with Gasteiger partial charge in [-0.2, -0.15) is 0 Å². The lowest BCUT2D eigenvalue weighted by Gasteiger charge is -2.20. The Morgan fingerprint density at radius 2 is 2.06 bits per heavy atom. The maximum Gasteiger partial charge on any atom is 0.138 e. The number of ether oxygens (including phenoxy) is 1. The Morgan fingerprint density at radius 1 is 1.33 bits per heavy atom. The first kappa shape index (κ1) is 13.7. The molecule has 0 aliphatic heterocycles. The maximum atomic E-state index is 6.30. The van der Waals surface area contributed by atoms with Gasteiger partial charge in [0.2, 0.25) is 0 Å². The Labute approximate surface area is 115 Å². The zero-order valence-electron chi connectivity index (χ0n) is 11.5. The fraction of sp³-hybridized carbons (Fsp3) is 0.600. The van der Waals surface area contributed by atoms with E-state index in [-0.39, 0.29) is 0 Å². The van der Waals surface area contributed by atoms with Crippen molar-refractivity contribution < 1.29 is 4.74 Å². The first-order valence-electron chi connectivity index (χ1n) is 6.77. The SMILES string of the molecule is CCNCC1(c2cc(Cl)c(OCC)cc2C)CC1. The number of rotatable bonds is 6. The summed E-state index contributed by atoms with van der Waals surface area (Å²) in [7, 11) is 0. The minimum Gasteiger partial charge on any atom is -0.492 e. The van der Waals surface area contributed by atoms with Gasteiger partial charge in [0, 0.05) is 12.0 Å². The maximum absolute atomic E-state index is 6.30. The highest BCUT2D eigenvalue weighted by Crippen LogP contribution is 2.50. The summed E-state index contributed by atoms with van der Waals surface area (Å²) in [5.41, 5.74) is 2.99. The van der Waals surface area contributed by atoms with Crippen LogP contribution in [0, 0.1) is 6.92 Å². The van der Waals surface area contributed by atoms with Gasteiger partial charge in [-0.05, 0) is 56.5 Å². The molecule has 1 aliphatic carbocycles. The van der Waals surface area contributed by atoms with E-state index in [2.05, 4.69) is 31.3 Å². The Hall–Kier alpha value is -0.730. The van der Waals surface area contributed by atoms with Gasteiger partial charge < -0.3 is 10.1 Å². The standard InChI is InChI=1S/C15H22ClNO/c1-4-17-10-15(6-7-15)12-9-13(16)14(18-5-2)8-11(12)3/h8-9,17H,4-7,10H2,1-3H3. The van der Waals surface area contributed by atoms with Crippen LogP contribution in [0.25, 0.3) is 0 Å². The van der Waals surface area contributed by atoms with Crippen LogP contribution in [0.5, 0.6) is 5.75 Å². The van der Waals surface area contributed by atoms with Crippen LogP contribution in [-0.4, -0.2) is 19.7 Å². The molecule has 18 heavy (non-hydrogen) atoms. The molecule has 0 radical (unpaired) electrons. The Balaban J connectivity index is 2.26. The normalized spacial score (nSPS) is 16.7. The van der Waals surface area contributed by atoms with Crippen molar-refractivity contribution in [2.45, 2.75) is 39.0 Å². The summed E-state index contributed by atoms with van der Waals surface area (Å²) >= 11 is 6.30. The minimum absolute atomic E-state index is 0.314. The second-order valence-electron chi connectivity index (χ2n) is 5.09. The highest BCUT2D eigenvalue weighted by molar-refractivity contribution is 6.32. The van der Waals surface area contributed by atoms with Crippen molar-refractivity contribution >= 4 is 11.6 Å². The minimum atomic E-state index is 0.314. The van der Waals surface area contributed by atoms with Crippen molar-refractivity contribution in [2.24, 2.45) is 0 Å². The molecule has 1 aromatic rings. The number of aryl methyl sites for hydroxylation is 1. The Bertz CT molecular complexity index is 427. The molecule has 1 aliphatic rings. The van der Waals surface area contributed by atoms with E-state index in [4.69, 9.17) is 16.3 Å². The number of benzene rings is 1. The van der Waals surface area contributed by atoms with Crippen molar-refractivity contribution in [3.8, 4) is 5.75 Å². The van der Waals surface area contributed by atoms with Crippen LogP contribution in [0.1, 0.15) is 37.8 Å². The van der Waals surface area contributed by atoms with Crippen molar-refractivity contribution in [3.63, 3.8) is 0 Å². The molecule has 0 atom stereocenters. The lowest BCUT2D eigenvalue weighted by Crippen LogP contribution is -2.27. The van der Waals surface area contributed by atoms with Crippen LogP contribution in [0.15, 0.2) is 12.1 Å². The molecule has 0 saturated heterocycles. The molecule has 0 spiro atoms. The molecule has 0 heterocycles. The van der Waals surface area contributed by atoms with Crippen molar-refractivity contribution in [1.82, 2.24) is 5.32 Å². The first-order valence-corrected chi connectivity index (χ1v) is 7.15. The molecule has 2 nitrogen and oxygen atoms in total. The fourth-order valence-electron chi connectivity index (χ4n) is 2.55. The Kier molecular flexibility index (Phi) is 4.18. The van der Waals surface area contributed by atoms with Crippen molar-refractivity contribution in [1.29, 1.82) is 0 Å². The zero-order valence-corrected chi connectivity index (χ0v) is 12.2. The highest BCUT2D eigenvalue weighted by Gasteiger charge is 2.44. The summed E-state index contributed by atoms with van der Waals surface area (Å²) < 4.78 is 5.54. The van der Waals surface area contributed by atoms with Gasteiger partial charge >= 0.3 is 0 Å². The molecular formula is C15H22ClNO. The lowest BCUT2D eigenvalue weighted by molar-refractivity contribution is 0.340. The third-order valence-electron chi connectivity index (χ3n) is 3.72. The topological polar surface area (TPSA) is 21.3 Å². The van der Waals surface area contributed by atoms with E-state index in [1.54, 1.807) is 0 Å². The van der Waals surface area contributed by atoms with E-state index in [0.717, 1.165) is 23.9 Å². The zero-order chi connectivity index (χ0) is 13.2. The average molecular weight is 268 g/mol. The van der Waals surface area contributed by atoms with Gasteiger partial charge in [-0.15, -0.1) is 0 Å². The van der Waals surface area contributed by atoms with E-state index in [1.807, 2.05) is 6.92 Å². The highest BCUT2D eigenvalue weighted by atomic mass is 35.5. The van der Waals surface area contributed by atoms with Crippen LogP contribution < -0.4 is 10.1 Å². The summed E-state index contributed by atoms with van der Waals surface area (Å²) in [5.74, 6) is 0.805. The summed E-state index contributed by atoms with van der Waals surface area (Å²) in [6, 6.07) is 4.18. The van der Waals surface area contributed by atoms with E-state index in [1.165, 1.54) is 24.0 Å². The van der Waals surface area contributed by atoms with Gasteiger partial charge in [0.15, 0.2) is 0 Å². The van der Waals surface area contributed by atoms with E-state index < -0.39 is 0 Å². The molecular weight excluding hydrogens is 246 g/mol. The predicted octanol–water partition coefficient (Wildman–Crippen LogP) is 3.69. The van der Waals surface area contributed by atoms with Gasteiger partial charge in [0.25, 0.3) is 0 Å². The van der Waals surface area contributed by atoms with E-state index in [0.29, 0.717) is 12.0 Å². The van der Waals surface area contributed by atoms with Gasteiger partial charge in [0.1, 0.15) is 5.75 Å². The number of likely N-dealkylation sites (N-methyl/N-ethyl adjacent to an activating group) is 1. The largest absolute Gasteiger partial charge is 0.492 e. The molecule has 1 N–H and O–H groups in total. The smallest absolute Gasteiger partial charge is 0.138 e. The molecule has 0 amide bonds. The Morgan fingerprint density at radius 3 is 2.61 bits per heavy atom. The van der Waals surface area contributed by atoms with Crippen LogP contribution >= 0.6 is 11.6 Å². The van der Waals surface area contributed by atoms with E-state index in [9.17, 15) is 0 Å². The number of nitrogens with one attached hydrogen (secondary N) is 1. The predicted molar refractivity (Wildman–Crippen MR) is 76.8 cm³/mol. The van der Waals surface area contributed by atoms with Gasteiger partial charge in [-0.3, -0.25) is 0 Å². The van der Waals surface area contributed by atoms with Crippen molar-refractivity contribution in [3.05, 3.63) is 28.3 Å². The average Bonchev–Trinajstić information content (AvgIpc) is 3.12. The second-order valence-corrected chi connectivity index (χ2v) is 5.50. The summed E-state index contributed by atoms with van der Waals surface area (Å²) in [5, 5.41) is 4.20. The monoisotopic (exact) mass is 267 g/mol. The molecule has 2 rings (SSSR count). The third kappa shape index (κ3) is 2.65. The first-order chi connectivity index (χ1) is 8.63. The van der Waals surface area contributed by atoms with E-state index >= 15 is 0 Å². The van der Waals surface area contributed by atoms with Crippen LogP contribution in [0.4, 0.5) is 0 Å². The van der Waals surface area contributed by atoms with Crippen LogP contribution in [0.2, 0.25) is 5.02 Å². The number of hydrogen-bond acceptors (Lipinski definition) is 2. The summed E-state index contributed by atoms with van der Waals surface area (Å²) in [4.78, 5) is 0. The molecule has 1 fully saturated rings. The summed E-state index contributed by atoms with van der Waals surface area (Å²) in [6.45, 7) is 9.00. The number of halogens is 1. The molecule has 0 bridgehead atoms. The third-order valence-corrected chi connectivity index (χ3v) is 4.01.